The van der Waals surface area contributed by atoms with Crippen LogP contribution in [0.4, 0.5) is 0 Å². The molecule has 1 aliphatic heterocycles. The van der Waals surface area contributed by atoms with Crippen molar-refractivity contribution in [3.05, 3.63) is 11.1 Å². The topological polar surface area (TPSA) is 72.4 Å². The first-order chi connectivity index (χ1) is 8.13. The Balaban J connectivity index is 2.06. The van der Waals surface area contributed by atoms with E-state index >= 15 is 0 Å². The number of hydrogen-bond acceptors (Lipinski definition) is 6. The van der Waals surface area contributed by atoms with E-state index < -0.39 is 0 Å². The first kappa shape index (κ1) is 12.0. The quantitative estimate of drug-likeness (QED) is 0.716. The van der Waals surface area contributed by atoms with Gasteiger partial charge in [-0.25, -0.2) is 0 Å². The van der Waals surface area contributed by atoms with Gasteiger partial charge in [0.25, 0.3) is 5.91 Å². The zero-order valence-electron chi connectivity index (χ0n) is 9.62. The maximum atomic E-state index is 12.0. The maximum Gasteiger partial charge on any atom is 0.310 e. The van der Waals surface area contributed by atoms with Crippen molar-refractivity contribution in [1.29, 1.82) is 0 Å². The molecule has 1 amide bonds. The number of amides is 1. The molecule has 6 nitrogen and oxygen atoms in total. The summed E-state index contributed by atoms with van der Waals surface area (Å²) in [7, 11) is 1.37. The van der Waals surface area contributed by atoms with Gasteiger partial charge in [0.05, 0.1) is 19.2 Å². The molecule has 0 radical (unpaired) electrons. The highest BCUT2D eigenvalue weighted by Crippen LogP contribution is 2.25. The molecular weight excluding hydrogens is 242 g/mol. The second-order valence-corrected chi connectivity index (χ2v) is 4.88. The van der Waals surface area contributed by atoms with Crippen molar-refractivity contribution >= 4 is 23.4 Å². The van der Waals surface area contributed by atoms with E-state index in [4.69, 9.17) is 4.74 Å². The molecule has 92 valence electrons. The summed E-state index contributed by atoms with van der Waals surface area (Å²) in [5, 5.41) is 3.63. The van der Waals surface area contributed by atoms with Gasteiger partial charge in [-0.3, -0.25) is 9.59 Å². The van der Waals surface area contributed by atoms with Gasteiger partial charge in [-0.15, -0.1) is 5.10 Å². The van der Waals surface area contributed by atoms with Gasteiger partial charge in [-0.1, -0.05) is 11.4 Å². The van der Waals surface area contributed by atoms with Crippen LogP contribution >= 0.6 is 11.5 Å². The standard InChI is InChI=1S/C10H13N3O3S/c1-6-4-13(5-7(6)10(15)16-2)9(14)8-3-11-12-17-8/h3,6-7H,4-5H2,1-2H3. The number of esters is 1. The third kappa shape index (κ3) is 2.28. The number of likely N-dealkylation sites (tertiary alicyclic amines) is 1. The van der Waals surface area contributed by atoms with E-state index in [1.807, 2.05) is 6.92 Å². The van der Waals surface area contributed by atoms with Crippen LogP contribution < -0.4 is 0 Å². The fourth-order valence-corrected chi connectivity index (χ4v) is 2.49. The molecule has 0 N–H and O–H groups in total. The molecule has 2 rings (SSSR count). The van der Waals surface area contributed by atoms with E-state index in [1.54, 1.807) is 4.90 Å². The fourth-order valence-electron chi connectivity index (χ4n) is 2.01. The lowest BCUT2D eigenvalue weighted by Gasteiger charge is -2.13. The lowest BCUT2D eigenvalue weighted by molar-refractivity contribution is -0.145. The number of carbonyl (C=O) groups excluding carboxylic acids is 2. The third-order valence-corrected chi connectivity index (χ3v) is 3.63. The predicted octanol–water partition coefficient (Wildman–Crippen LogP) is 0.419. The van der Waals surface area contributed by atoms with Crippen LogP contribution in [0.5, 0.6) is 0 Å². The molecular formula is C10H13N3O3S. The SMILES string of the molecule is COC(=O)C1CN(C(=O)c2cnns2)CC1C. The normalized spacial score (nSPS) is 23.8. The second-order valence-electron chi connectivity index (χ2n) is 4.10. The van der Waals surface area contributed by atoms with Crippen LogP contribution in [0, 0.1) is 11.8 Å². The largest absolute Gasteiger partial charge is 0.469 e. The van der Waals surface area contributed by atoms with Gasteiger partial charge in [-0.05, 0) is 17.5 Å². The monoisotopic (exact) mass is 255 g/mol. The maximum absolute atomic E-state index is 12.0. The first-order valence-electron chi connectivity index (χ1n) is 5.28. The summed E-state index contributed by atoms with van der Waals surface area (Å²) in [4.78, 5) is 25.7. The highest BCUT2D eigenvalue weighted by molar-refractivity contribution is 7.07. The predicted molar refractivity (Wildman–Crippen MR) is 60.5 cm³/mol. The van der Waals surface area contributed by atoms with Crippen molar-refractivity contribution in [2.75, 3.05) is 20.2 Å². The Labute approximate surface area is 103 Å². The van der Waals surface area contributed by atoms with E-state index in [1.165, 1.54) is 13.3 Å². The van der Waals surface area contributed by atoms with Crippen LogP contribution in [0.3, 0.4) is 0 Å². The molecule has 1 aliphatic rings. The Morgan fingerprint density at radius 3 is 2.88 bits per heavy atom. The Morgan fingerprint density at radius 1 is 1.53 bits per heavy atom. The van der Waals surface area contributed by atoms with Crippen molar-refractivity contribution in [2.45, 2.75) is 6.92 Å². The molecule has 0 aliphatic carbocycles. The zero-order valence-corrected chi connectivity index (χ0v) is 10.4. The summed E-state index contributed by atoms with van der Waals surface area (Å²) in [6, 6.07) is 0. The van der Waals surface area contributed by atoms with Gasteiger partial charge >= 0.3 is 5.97 Å². The van der Waals surface area contributed by atoms with Gasteiger partial charge in [0.1, 0.15) is 4.88 Å². The molecule has 0 spiro atoms. The van der Waals surface area contributed by atoms with Crippen molar-refractivity contribution in [2.24, 2.45) is 11.8 Å². The number of carbonyl (C=O) groups is 2. The summed E-state index contributed by atoms with van der Waals surface area (Å²) in [5.74, 6) is -0.481. The van der Waals surface area contributed by atoms with Crippen LogP contribution in [0.1, 0.15) is 16.6 Å². The van der Waals surface area contributed by atoms with Gasteiger partial charge in [0.15, 0.2) is 0 Å². The lowest BCUT2D eigenvalue weighted by atomic mass is 9.99. The minimum absolute atomic E-state index is 0.113. The number of rotatable bonds is 2. The average molecular weight is 255 g/mol. The molecule has 2 unspecified atom stereocenters. The molecule has 17 heavy (non-hydrogen) atoms. The zero-order chi connectivity index (χ0) is 12.4. The van der Waals surface area contributed by atoms with E-state index in [-0.39, 0.29) is 23.7 Å². The lowest BCUT2D eigenvalue weighted by Crippen LogP contribution is -2.29. The summed E-state index contributed by atoms with van der Waals surface area (Å²) in [6.07, 6.45) is 1.45. The fraction of sp³-hybridized carbons (Fsp3) is 0.600. The van der Waals surface area contributed by atoms with Crippen LogP contribution in [-0.4, -0.2) is 46.6 Å². The Bertz CT molecular complexity index is 420. The molecule has 1 aromatic rings. The van der Waals surface area contributed by atoms with Gasteiger partial charge in [0.2, 0.25) is 0 Å². The number of aromatic nitrogens is 2. The Kier molecular flexibility index (Phi) is 3.37. The first-order valence-corrected chi connectivity index (χ1v) is 6.05. The number of ether oxygens (including phenoxy) is 1. The van der Waals surface area contributed by atoms with Crippen molar-refractivity contribution in [3.63, 3.8) is 0 Å². The van der Waals surface area contributed by atoms with Crippen LogP contribution in [0.2, 0.25) is 0 Å². The van der Waals surface area contributed by atoms with E-state index in [0.29, 0.717) is 18.0 Å². The molecule has 1 saturated heterocycles. The highest BCUT2D eigenvalue weighted by atomic mass is 32.1. The van der Waals surface area contributed by atoms with Gasteiger partial charge < -0.3 is 9.64 Å². The number of nitrogens with zero attached hydrogens (tertiary/aromatic N) is 3. The van der Waals surface area contributed by atoms with Gasteiger partial charge in [-0.2, -0.15) is 0 Å². The Morgan fingerprint density at radius 2 is 2.29 bits per heavy atom. The van der Waals surface area contributed by atoms with E-state index in [9.17, 15) is 9.59 Å². The van der Waals surface area contributed by atoms with E-state index in [2.05, 4.69) is 9.59 Å². The summed E-state index contributed by atoms with van der Waals surface area (Å²) >= 11 is 1.07. The minimum Gasteiger partial charge on any atom is -0.469 e. The molecule has 0 aromatic carbocycles. The molecule has 0 saturated carbocycles. The van der Waals surface area contributed by atoms with Crippen LogP contribution in [-0.2, 0) is 9.53 Å². The Hall–Kier alpha value is -1.50. The number of hydrogen-bond donors (Lipinski definition) is 0. The van der Waals surface area contributed by atoms with Crippen LogP contribution in [0.15, 0.2) is 6.20 Å². The smallest absolute Gasteiger partial charge is 0.310 e. The minimum atomic E-state index is -0.254. The second kappa shape index (κ2) is 4.79. The van der Waals surface area contributed by atoms with Crippen molar-refractivity contribution in [3.8, 4) is 0 Å². The summed E-state index contributed by atoms with van der Waals surface area (Å²) < 4.78 is 8.38. The molecule has 2 atom stereocenters. The molecule has 0 bridgehead atoms. The molecule has 1 fully saturated rings. The number of methoxy groups -OCH3 is 1. The summed E-state index contributed by atoms with van der Waals surface area (Å²) in [5.41, 5.74) is 0. The van der Waals surface area contributed by atoms with E-state index in [0.717, 1.165) is 11.5 Å². The summed E-state index contributed by atoms with van der Waals surface area (Å²) in [6.45, 7) is 2.92. The van der Waals surface area contributed by atoms with Crippen LogP contribution in [0.25, 0.3) is 0 Å². The molecule has 7 heteroatoms. The molecule has 2 heterocycles. The molecule has 1 aromatic heterocycles. The van der Waals surface area contributed by atoms with Crippen molar-refractivity contribution in [1.82, 2.24) is 14.5 Å². The third-order valence-electron chi connectivity index (χ3n) is 2.98. The highest BCUT2D eigenvalue weighted by Gasteiger charge is 2.38. The van der Waals surface area contributed by atoms with Gasteiger partial charge in [0, 0.05) is 13.1 Å². The van der Waals surface area contributed by atoms with Crippen molar-refractivity contribution < 1.29 is 14.3 Å². The average Bonchev–Trinajstić information content (AvgIpc) is 2.96.